The Labute approximate surface area is 248 Å². The summed E-state index contributed by atoms with van der Waals surface area (Å²) in [5, 5.41) is 3.31. The van der Waals surface area contributed by atoms with E-state index in [1.165, 1.54) is 23.1 Å². The normalized spacial score (nSPS) is 12.7. The first-order chi connectivity index (χ1) is 19.5. The van der Waals surface area contributed by atoms with Crippen LogP contribution in [0, 0.1) is 6.92 Å². The van der Waals surface area contributed by atoms with Crippen LogP contribution in [0.25, 0.3) is 0 Å². The third kappa shape index (κ3) is 8.01. The van der Waals surface area contributed by atoms with Crippen LogP contribution in [0.15, 0.2) is 77.7 Å². The molecule has 0 aromatic heterocycles. The molecule has 2 atom stereocenters. The molecule has 0 aliphatic rings. The van der Waals surface area contributed by atoms with Gasteiger partial charge in [0, 0.05) is 17.6 Å². The Bertz CT molecular complexity index is 1430. The molecule has 3 aromatic rings. The van der Waals surface area contributed by atoms with Crippen LogP contribution in [0.1, 0.15) is 44.7 Å². The predicted octanol–water partition coefficient (Wildman–Crippen LogP) is 5.57. The number of hydrogen-bond acceptors (Lipinski definition) is 5. The second-order valence-corrected chi connectivity index (χ2v) is 12.2. The summed E-state index contributed by atoms with van der Waals surface area (Å²) in [6.45, 7) is 7.02. The molecule has 0 spiro atoms. The van der Waals surface area contributed by atoms with E-state index >= 15 is 0 Å². The summed E-state index contributed by atoms with van der Waals surface area (Å²) in [6, 6.07) is 19.1. The molecule has 0 heterocycles. The Morgan fingerprint density at radius 3 is 2.22 bits per heavy atom. The first-order valence-electron chi connectivity index (χ1n) is 13.6. The molecule has 2 amide bonds. The fourth-order valence-electron chi connectivity index (χ4n) is 4.37. The summed E-state index contributed by atoms with van der Waals surface area (Å²) >= 11 is 6.28. The average Bonchev–Trinajstić information content (AvgIpc) is 2.97. The van der Waals surface area contributed by atoms with Gasteiger partial charge in [-0.2, -0.15) is 0 Å². The van der Waals surface area contributed by atoms with Gasteiger partial charge in [-0.25, -0.2) is 8.42 Å². The van der Waals surface area contributed by atoms with Gasteiger partial charge in [0.1, 0.15) is 18.3 Å². The number of rotatable bonds is 13. The molecule has 0 saturated heterocycles. The Hall–Kier alpha value is -3.56. The van der Waals surface area contributed by atoms with Crippen molar-refractivity contribution in [3.8, 4) is 5.75 Å². The molecule has 41 heavy (non-hydrogen) atoms. The second-order valence-electron chi connectivity index (χ2n) is 9.87. The van der Waals surface area contributed by atoms with Crippen molar-refractivity contribution in [1.82, 2.24) is 10.2 Å². The molecule has 8 nitrogen and oxygen atoms in total. The number of anilines is 1. The van der Waals surface area contributed by atoms with E-state index in [-0.39, 0.29) is 29.1 Å². The number of nitrogens with zero attached hydrogens (tertiary/aromatic N) is 2. The number of amides is 2. The van der Waals surface area contributed by atoms with Gasteiger partial charge >= 0.3 is 0 Å². The number of halogens is 1. The van der Waals surface area contributed by atoms with Crippen LogP contribution in [-0.4, -0.2) is 50.9 Å². The standard InChI is InChI=1S/C31H38ClN3O5S/c1-6-23(4)33-31(37)28(7-2)34(20-24-14-17-26(40-5)18-15-24)30(36)21-35(29-19-25(32)16-13-22(29)3)41(38,39)27-11-9-8-10-12-27/h8-19,23,28H,6-7,20-21H2,1-5H3,(H,33,37)/t23-,28+/m0/s1. The van der Waals surface area contributed by atoms with Gasteiger partial charge in [0.15, 0.2) is 0 Å². The monoisotopic (exact) mass is 599 g/mol. The largest absolute Gasteiger partial charge is 0.497 e. The number of hydrogen-bond donors (Lipinski definition) is 1. The van der Waals surface area contributed by atoms with E-state index in [1.54, 1.807) is 56.5 Å². The van der Waals surface area contributed by atoms with Crippen molar-refractivity contribution in [2.45, 2.75) is 64.1 Å². The number of ether oxygens (including phenoxy) is 1. The van der Waals surface area contributed by atoms with E-state index in [0.29, 0.717) is 22.8 Å². The van der Waals surface area contributed by atoms with Gasteiger partial charge in [-0.05, 0) is 74.2 Å². The summed E-state index contributed by atoms with van der Waals surface area (Å²) in [6.07, 6.45) is 1.07. The zero-order valence-electron chi connectivity index (χ0n) is 24.1. The molecule has 0 bridgehead atoms. The highest BCUT2D eigenvalue weighted by molar-refractivity contribution is 7.92. The number of benzene rings is 3. The molecule has 0 saturated carbocycles. The lowest BCUT2D eigenvalue weighted by Crippen LogP contribution is -2.53. The molecule has 0 aliphatic carbocycles. The molecule has 0 aliphatic heterocycles. The summed E-state index contributed by atoms with van der Waals surface area (Å²) in [5.74, 6) is -0.157. The van der Waals surface area contributed by atoms with Crippen LogP contribution in [-0.2, 0) is 26.2 Å². The molecule has 0 unspecified atom stereocenters. The molecule has 3 rings (SSSR count). The first kappa shape index (κ1) is 32.0. The van der Waals surface area contributed by atoms with Crippen LogP contribution < -0.4 is 14.4 Å². The van der Waals surface area contributed by atoms with Crippen LogP contribution >= 0.6 is 11.6 Å². The Morgan fingerprint density at radius 1 is 0.976 bits per heavy atom. The lowest BCUT2D eigenvalue weighted by atomic mass is 10.1. The molecular weight excluding hydrogens is 562 g/mol. The molecule has 1 N–H and O–H groups in total. The number of carbonyl (C=O) groups excluding carboxylic acids is 2. The summed E-state index contributed by atoms with van der Waals surface area (Å²) < 4.78 is 34.3. The predicted molar refractivity (Wildman–Crippen MR) is 163 cm³/mol. The van der Waals surface area contributed by atoms with Crippen molar-refractivity contribution in [3.63, 3.8) is 0 Å². The Morgan fingerprint density at radius 2 is 1.63 bits per heavy atom. The van der Waals surface area contributed by atoms with E-state index in [2.05, 4.69) is 5.32 Å². The van der Waals surface area contributed by atoms with E-state index in [4.69, 9.17) is 16.3 Å². The van der Waals surface area contributed by atoms with Crippen LogP contribution in [0.2, 0.25) is 5.02 Å². The van der Waals surface area contributed by atoms with E-state index < -0.39 is 28.5 Å². The quantitative estimate of drug-likeness (QED) is 0.277. The maximum Gasteiger partial charge on any atom is 0.264 e. The first-order valence-corrected chi connectivity index (χ1v) is 15.4. The van der Waals surface area contributed by atoms with Crippen LogP contribution in [0.4, 0.5) is 5.69 Å². The van der Waals surface area contributed by atoms with Gasteiger partial charge in [-0.3, -0.25) is 13.9 Å². The highest BCUT2D eigenvalue weighted by Crippen LogP contribution is 2.30. The van der Waals surface area contributed by atoms with Crippen molar-refractivity contribution in [1.29, 1.82) is 0 Å². The molecule has 10 heteroatoms. The van der Waals surface area contributed by atoms with E-state index in [0.717, 1.165) is 16.3 Å². The summed E-state index contributed by atoms with van der Waals surface area (Å²) in [5.41, 5.74) is 1.69. The minimum absolute atomic E-state index is 0.0374. The number of nitrogens with one attached hydrogen (secondary N) is 1. The lowest BCUT2D eigenvalue weighted by molar-refractivity contribution is -0.140. The van der Waals surface area contributed by atoms with Crippen molar-refractivity contribution < 1.29 is 22.7 Å². The SMILES string of the molecule is CC[C@H](C(=O)N[C@@H](C)CC)N(Cc1ccc(OC)cc1)C(=O)CN(c1cc(Cl)ccc1C)S(=O)(=O)c1ccccc1. The molecule has 220 valence electrons. The number of carbonyl (C=O) groups is 2. The number of sulfonamides is 1. The highest BCUT2D eigenvalue weighted by Gasteiger charge is 2.34. The molecule has 3 aromatic carbocycles. The van der Waals surface area contributed by atoms with Gasteiger partial charge in [-0.1, -0.05) is 61.8 Å². The van der Waals surface area contributed by atoms with Crippen LogP contribution in [0.5, 0.6) is 5.75 Å². The highest BCUT2D eigenvalue weighted by atomic mass is 35.5. The van der Waals surface area contributed by atoms with Crippen molar-refractivity contribution >= 4 is 39.1 Å². The zero-order chi connectivity index (χ0) is 30.2. The van der Waals surface area contributed by atoms with Crippen molar-refractivity contribution in [2.24, 2.45) is 0 Å². The van der Waals surface area contributed by atoms with Gasteiger partial charge in [-0.15, -0.1) is 0 Å². The number of methoxy groups -OCH3 is 1. The fourth-order valence-corrected chi connectivity index (χ4v) is 6.03. The average molecular weight is 600 g/mol. The van der Waals surface area contributed by atoms with Gasteiger partial charge in [0.05, 0.1) is 17.7 Å². The summed E-state index contributed by atoms with van der Waals surface area (Å²) in [4.78, 5) is 29.0. The van der Waals surface area contributed by atoms with E-state index in [9.17, 15) is 18.0 Å². The minimum Gasteiger partial charge on any atom is -0.497 e. The molecule has 0 fully saturated rings. The second kappa shape index (κ2) is 14.4. The molecule has 0 radical (unpaired) electrons. The maximum absolute atomic E-state index is 14.2. The van der Waals surface area contributed by atoms with Gasteiger partial charge < -0.3 is 15.0 Å². The van der Waals surface area contributed by atoms with E-state index in [1.807, 2.05) is 32.9 Å². The third-order valence-electron chi connectivity index (χ3n) is 6.95. The topological polar surface area (TPSA) is 96.0 Å². The Kier molecular flexibility index (Phi) is 11.2. The van der Waals surface area contributed by atoms with Crippen LogP contribution in [0.3, 0.4) is 0 Å². The van der Waals surface area contributed by atoms with Crippen molar-refractivity contribution in [2.75, 3.05) is 18.0 Å². The molecular formula is C31H38ClN3O5S. The fraction of sp³-hybridized carbons (Fsp3) is 0.355. The Balaban J connectivity index is 2.08. The van der Waals surface area contributed by atoms with Gasteiger partial charge in [0.2, 0.25) is 11.8 Å². The lowest BCUT2D eigenvalue weighted by Gasteiger charge is -2.34. The summed E-state index contributed by atoms with van der Waals surface area (Å²) in [7, 11) is -2.60. The number of aryl methyl sites for hydroxylation is 1. The zero-order valence-corrected chi connectivity index (χ0v) is 25.7. The van der Waals surface area contributed by atoms with Crippen molar-refractivity contribution in [3.05, 3.63) is 88.9 Å². The smallest absolute Gasteiger partial charge is 0.264 e. The maximum atomic E-state index is 14.2. The third-order valence-corrected chi connectivity index (χ3v) is 8.96. The van der Waals surface area contributed by atoms with Gasteiger partial charge in [0.25, 0.3) is 10.0 Å². The minimum atomic E-state index is -4.17.